The number of amides is 1. The van der Waals surface area contributed by atoms with Crippen LogP contribution in [0.5, 0.6) is 0 Å². The van der Waals surface area contributed by atoms with E-state index >= 15 is 0 Å². The number of carboxylic acids is 1. The Hall–Kier alpha value is -3.47. The van der Waals surface area contributed by atoms with Crippen LogP contribution in [0.2, 0.25) is 0 Å². The Kier molecular flexibility index (Phi) is 4.43. The molecule has 0 bridgehead atoms. The number of carbonyl (C=O) groups excluding carboxylic acids is 1. The first-order chi connectivity index (χ1) is 13.5. The molecule has 2 aliphatic rings. The summed E-state index contributed by atoms with van der Waals surface area (Å²) < 4.78 is 0. The highest BCUT2D eigenvalue weighted by Crippen LogP contribution is 2.51. The van der Waals surface area contributed by atoms with Gasteiger partial charge in [0, 0.05) is 30.7 Å². The molecular formula is C20H19N5O3. The van der Waals surface area contributed by atoms with Gasteiger partial charge in [0.2, 0.25) is 5.91 Å². The number of anilines is 3. The number of rotatable bonds is 6. The molecule has 4 rings (SSSR count). The molecule has 2 N–H and O–H groups in total. The van der Waals surface area contributed by atoms with Gasteiger partial charge in [-0.3, -0.25) is 9.59 Å². The molecule has 0 unspecified atom stereocenters. The van der Waals surface area contributed by atoms with E-state index in [1.807, 2.05) is 0 Å². The second-order valence-corrected chi connectivity index (χ2v) is 7.21. The molecule has 1 atom stereocenters. The second-order valence-electron chi connectivity index (χ2n) is 7.21. The van der Waals surface area contributed by atoms with E-state index < -0.39 is 11.4 Å². The lowest BCUT2D eigenvalue weighted by Crippen LogP contribution is -2.35. The topological polar surface area (TPSA) is 119 Å². The largest absolute Gasteiger partial charge is 0.481 e. The number of aliphatic carboxylic acids is 1. The zero-order chi connectivity index (χ0) is 19.7. The number of nitrogens with one attached hydrogen (secondary N) is 1. The molecule has 1 amide bonds. The molecule has 1 saturated carbocycles. The first-order valence-corrected chi connectivity index (χ1v) is 9.15. The van der Waals surface area contributed by atoms with Gasteiger partial charge in [0.25, 0.3) is 0 Å². The number of pyridine rings is 2. The highest BCUT2D eigenvalue weighted by molar-refractivity contribution is 6.02. The van der Waals surface area contributed by atoms with Crippen LogP contribution >= 0.6 is 0 Å². The number of nitriles is 1. The maximum Gasteiger partial charge on any atom is 0.307 e. The smallest absolute Gasteiger partial charge is 0.307 e. The number of nitrogens with zero attached hydrogens (tertiary/aromatic N) is 4. The zero-order valence-corrected chi connectivity index (χ0v) is 15.1. The second kappa shape index (κ2) is 6.93. The Morgan fingerprint density at radius 2 is 2.00 bits per heavy atom. The van der Waals surface area contributed by atoms with E-state index in [-0.39, 0.29) is 18.2 Å². The lowest BCUT2D eigenvalue weighted by molar-refractivity contribution is -0.136. The van der Waals surface area contributed by atoms with Crippen LogP contribution in [-0.4, -0.2) is 33.5 Å². The van der Waals surface area contributed by atoms with Gasteiger partial charge in [-0.25, -0.2) is 9.97 Å². The third kappa shape index (κ3) is 3.27. The molecule has 0 aromatic carbocycles. The summed E-state index contributed by atoms with van der Waals surface area (Å²) in [7, 11) is 0. The van der Waals surface area contributed by atoms with Crippen molar-refractivity contribution in [1.82, 2.24) is 9.97 Å². The van der Waals surface area contributed by atoms with E-state index in [0.717, 1.165) is 12.8 Å². The molecule has 2 aromatic heterocycles. The number of carbonyl (C=O) groups is 2. The summed E-state index contributed by atoms with van der Waals surface area (Å²) >= 11 is 0. The Balaban J connectivity index is 1.54. The van der Waals surface area contributed by atoms with Crippen LogP contribution in [0, 0.1) is 22.7 Å². The van der Waals surface area contributed by atoms with Gasteiger partial charge in [-0.1, -0.05) is 0 Å². The van der Waals surface area contributed by atoms with Crippen molar-refractivity contribution in [2.24, 2.45) is 11.3 Å². The number of hydrogen-bond donors (Lipinski definition) is 2. The minimum absolute atomic E-state index is 0.0929. The molecule has 142 valence electrons. The molecule has 28 heavy (non-hydrogen) atoms. The van der Waals surface area contributed by atoms with Crippen LogP contribution < -0.4 is 10.2 Å². The summed E-state index contributed by atoms with van der Waals surface area (Å²) in [5.74, 6) is 0.0972. The van der Waals surface area contributed by atoms with E-state index in [0.29, 0.717) is 35.9 Å². The van der Waals surface area contributed by atoms with Gasteiger partial charge in [0.05, 0.1) is 12.5 Å². The van der Waals surface area contributed by atoms with Crippen molar-refractivity contribution >= 4 is 29.2 Å². The molecule has 1 saturated heterocycles. The predicted octanol–water partition coefficient (Wildman–Crippen LogP) is 2.50. The third-order valence-electron chi connectivity index (χ3n) is 5.32. The molecule has 0 spiro atoms. The first-order valence-electron chi connectivity index (χ1n) is 9.15. The fraction of sp³-hybridized carbons (Fsp3) is 0.350. The highest BCUT2D eigenvalue weighted by atomic mass is 16.4. The average molecular weight is 377 g/mol. The quantitative estimate of drug-likeness (QED) is 0.794. The number of aromatic nitrogens is 2. The van der Waals surface area contributed by atoms with E-state index in [2.05, 4.69) is 21.4 Å². The van der Waals surface area contributed by atoms with Crippen molar-refractivity contribution in [2.75, 3.05) is 16.8 Å². The molecular weight excluding hydrogens is 358 g/mol. The van der Waals surface area contributed by atoms with Gasteiger partial charge in [0.1, 0.15) is 17.1 Å². The lowest BCUT2D eigenvalue weighted by Gasteiger charge is -2.21. The van der Waals surface area contributed by atoms with E-state index in [1.165, 1.54) is 6.20 Å². The molecule has 8 heteroatoms. The van der Waals surface area contributed by atoms with E-state index in [1.54, 1.807) is 35.4 Å². The van der Waals surface area contributed by atoms with Gasteiger partial charge in [-0.15, -0.1) is 0 Å². The maximum atomic E-state index is 13.0. The lowest BCUT2D eigenvalue weighted by atomic mass is 9.83. The summed E-state index contributed by atoms with van der Waals surface area (Å²) in [6.45, 7) is 0.513. The summed E-state index contributed by atoms with van der Waals surface area (Å²) in [5, 5.41) is 21.6. The average Bonchev–Trinajstić information content (AvgIpc) is 3.46. The molecule has 1 aliphatic heterocycles. The Labute approximate surface area is 161 Å². The summed E-state index contributed by atoms with van der Waals surface area (Å²) in [4.78, 5) is 33.9. The SMILES string of the molecule is N#C[C@@]1(C2CC2)CCN(c2ccnc(Nc3cc(CC(=O)O)ccn3)c2)C1=O. The van der Waals surface area contributed by atoms with Crippen LogP contribution in [0.3, 0.4) is 0 Å². The Morgan fingerprint density at radius 1 is 1.29 bits per heavy atom. The van der Waals surface area contributed by atoms with Crippen molar-refractivity contribution in [2.45, 2.75) is 25.7 Å². The van der Waals surface area contributed by atoms with E-state index in [9.17, 15) is 14.9 Å². The Morgan fingerprint density at radius 3 is 2.68 bits per heavy atom. The summed E-state index contributed by atoms with van der Waals surface area (Å²) in [6, 6.07) is 9.07. The van der Waals surface area contributed by atoms with Gasteiger partial charge in [-0.2, -0.15) is 5.26 Å². The standard InChI is InChI=1S/C20H19N5O3/c21-12-20(14-1-2-14)5-8-25(19(20)28)15-4-7-23-17(11-15)24-16-9-13(3-6-22-16)10-18(26)27/h3-4,6-7,9,11,14H,1-2,5,8,10H2,(H,26,27)(H,22,23,24)/t20-/m1/s1. The summed E-state index contributed by atoms with van der Waals surface area (Å²) in [6.07, 6.45) is 5.46. The fourth-order valence-corrected chi connectivity index (χ4v) is 3.75. The molecule has 8 nitrogen and oxygen atoms in total. The molecule has 3 heterocycles. The molecule has 2 aromatic rings. The van der Waals surface area contributed by atoms with E-state index in [4.69, 9.17) is 5.11 Å². The van der Waals surface area contributed by atoms with Gasteiger partial charge >= 0.3 is 5.97 Å². The third-order valence-corrected chi connectivity index (χ3v) is 5.32. The zero-order valence-electron chi connectivity index (χ0n) is 15.1. The van der Waals surface area contributed by atoms with Gasteiger partial charge in [-0.05, 0) is 48.9 Å². The Bertz CT molecular complexity index is 982. The van der Waals surface area contributed by atoms with Crippen LogP contribution in [-0.2, 0) is 16.0 Å². The fourth-order valence-electron chi connectivity index (χ4n) is 3.75. The van der Waals surface area contributed by atoms with Gasteiger partial charge < -0.3 is 15.3 Å². The minimum atomic E-state index is -0.915. The van der Waals surface area contributed by atoms with Crippen molar-refractivity contribution < 1.29 is 14.7 Å². The molecule has 2 fully saturated rings. The van der Waals surface area contributed by atoms with Crippen LogP contribution in [0.25, 0.3) is 0 Å². The minimum Gasteiger partial charge on any atom is -0.481 e. The molecule has 0 radical (unpaired) electrons. The summed E-state index contributed by atoms with van der Waals surface area (Å²) in [5.41, 5.74) is 0.421. The van der Waals surface area contributed by atoms with Crippen molar-refractivity contribution in [3.63, 3.8) is 0 Å². The van der Waals surface area contributed by atoms with Crippen molar-refractivity contribution in [1.29, 1.82) is 5.26 Å². The first kappa shape index (κ1) is 17.9. The van der Waals surface area contributed by atoms with Crippen molar-refractivity contribution in [3.8, 4) is 6.07 Å². The monoisotopic (exact) mass is 377 g/mol. The predicted molar refractivity (Wildman–Crippen MR) is 101 cm³/mol. The molecule has 1 aliphatic carbocycles. The van der Waals surface area contributed by atoms with Crippen LogP contribution in [0.15, 0.2) is 36.7 Å². The maximum absolute atomic E-state index is 13.0. The van der Waals surface area contributed by atoms with Crippen LogP contribution in [0.1, 0.15) is 24.8 Å². The van der Waals surface area contributed by atoms with Crippen LogP contribution in [0.4, 0.5) is 17.3 Å². The van der Waals surface area contributed by atoms with Crippen molar-refractivity contribution in [3.05, 3.63) is 42.2 Å². The number of hydrogen-bond acceptors (Lipinski definition) is 6. The normalized spacial score (nSPS) is 21.4. The van der Waals surface area contributed by atoms with Gasteiger partial charge in [0.15, 0.2) is 0 Å². The number of carboxylic acid groups (broad SMARTS) is 1. The highest BCUT2D eigenvalue weighted by Gasteiger charge is 2.56.